The van der Waals surface area contributed by atoms with Gasteiger partial charge in [-0.1, -0.05) is 25.0 Å². The molecule has 0 bridgehead atoms. The van der Waals surface area contributed by atoms with Gasteiger partial charge >= 0.3 is 0 Å². The highest BCUT2D eigenvalue weighted by atomic mass is 32.1. The Morgan fingerprint density at radius 1 is 1.07 bits per heavy atom. The summed E-state index contributed by atoms with van der Waals surface area (Å²) in [6, 6.07) is 9.95. The number of amides is 1. The predicted molar refractivity (Wildman–Crippen MR) is 125 cm³/mol. The fraction of sp³-hybridized carbons (Fsp3) is 0.360. The van der Waals surface area contributed by atoms with Crippen LogP contribution in [0.3, 0.4) is 0 Å². The van der Waals surface area contributed by atoms with Crippen molar-refractivity contribution in [3.05, 3.63) is 69.0 Å². The van der Waals surface area contributed by atoms with Gasteiger partial charge < -0.3 is 9.73 Å². The average molecular weight is 421 g/mol. The molecule has 2 heterocycles. The second kappa shape index (κ2) is 9.00. The van der Waals surface area contributed by atoms with Gasteiger partial charge in [0.25, 0.3) is 5.91 Å². The summed E-state index contributed by atoms with van der Waals surface area (Å²) in [6.45, 7) is 5.97. The van der Waals surface area contributed by atoms with Gasteiger partial charge in [-0.2, -0.15) is 0 Å². The Kier molecular flexibility index (Phi) is 6.18. The van der Waals surface area contributed by atoms with Crippen molar-refractivity contribution in [3.63, 3.8) is 0 Å². The zero-order valence-corrected chi connectivity index (χ0v) is 18.7. The van der Waals surface area contributed by atoms with E-state index < -0.39 is 0 Å². The maximum Gasteiger partial charge on any atom is 0.259 e. The summed E-state index contributed by atoms with van der Waals surface area (Å²) in [4.78, 5) is 19.4. The van der Waals surface area contributed by atoms with Gasteiger partial charge in [0.2, 0.25) is 0 Å². The maximum absolute atomic E-state index is 13.4. The first kappa shape index (κ1) is 20.6. The van der Waals surface area contributed by atoms with Gasteiger partial charge in [-0.3, -0.25) is 4.79 Å². The molecule has 0 saturated carbocycles. The van der Waals surface area contributed by atoms with Crippen LogP contribution in [0.15, 0.2) is 39.7 Å². The number of aryl methyl sites for hydroxylation is 4. The SMILES string of the molecule is Cc1ccc(C)c(NC(=O)c2c(N=Cc3ccc(C)o3)sc3c2CCCCCC3)c1. The van der Waals surface area contributed by atoms with Crippen molar-refractivity contribution in [1.29, 1.82) is 0 Å². The first-order valence-electron chi connectivity index (χ1n) is 10.6. The molecule has 1 aliphatic rings. The van der Waals surface area contributed by atoms with Gasteiger partial charge in [0.1, 0.15) is 16.5 Å². The number of furan rings is 1. The standard InChI is InChI=1S/C25H28N2O2S/c1-16-10-11-17(2)21(14-16)27-24(28)23-20-8-6-4-5-7-9-22(20)30-25(23)26-15-19-13-12-18(3)29-19/h10-15H,4-9H2,1-3H3,(H,27,28). The number of hydrogen-bond acceptors (Lipinski definition) is 4. The van der Waals surface area contributed by atoms with E-state index >= 15 is 0 Å². The molecule has 0 unspecified atom stereocenters. The Labute approximate surface area is 182 Å². The number of thiophene rings is 1. The lowest BCUT2D eigenvalue weighted by atomic mass is 9.96. The predicted octanol–water partition coefficient (Wildman–Crippen LogP) is 6.93. The van der Waals surface area contributed by atoms with Crippen molar-refractivity contribution in [2.45, 2.75) is 59.3 Å². The molecule has 0 saturated heterocycles. The van der Waals surface area contributed by atoms with E-state index in [1.54, 1.807) is 17.6 Å². The number of carbonyl (C=O) groups is 1. The largest absolute Gasteiger partial charge is 0.460 e. The van der Waals surface area contributed by atoms with Crippen LogP contribution in [0.2, 0.25) is 0 Å². The number of carbonyl (C=O) groups excluding carboxylic acids is 1. The van der Waals surface area contributed by atoms with Crippen molar-refractivity contribution in [1.82, 2.24) is 0 Å². The molecule has 2 aromatic heterocycles. The minimum atomic E-state index is -0.0652. The molecule has 4 rings (SSSR count). The van der Waals surface area contributed by atoms with Crippen LogP contribution in [0, 0.1) is 20.8 Å². The smallest absolute Gasteiger partial charge is 0.259 e. The van der Waals surface area contributed by atoms with Gasteiger partial charge in [0.05, 0.1) is 11.8 Å². The number of benzene rings is 1. The number of aliphatic imine (C=N–C) groups is 1. The summed E-state index contributed by atoms with van der Waals surface area (Å²) in [5.41, 5.74) is 4.97. The molecule has 1 amide bonds. The van der Waals surface area contributed by atoms with E-state index in [0.29, 0.717) is 5.76 Å². The first-order chi connectivity index (χ1) is 14.5. The van der Waals surface area contributed by atoms with Crippen molar-refractivity contribution >= 4 is 34.1 Å². The minimum Gasteiger partial charge on any atom is -0.460 e. The van der Waals surface area contributed by atoms with E-state index in [0.717, 1.165) is 52.4 Å². The van der Waals surface area contributed by atoms with Gasteiger partial charge in [-0.15, -0.1) is 11.3 Å². The van der Waals surface area contributed by atoms with Crippen LogP contribution in [-0.4, -0.2) is 12.1 Å². The lowest BCUT2D eigenvalue weighted by Crippen LogP contribution is -2.15. The third-order valence-corrected chi connectivity index (χ3v) is 6.79. The van der Waals surface area contributed by atoms with E-state index in [1.807, 2.05) is 45.0 Å². The van der Waals surface area contributed by atoms with Gasteiger partial charge in [-0.25, -0.2) is 4.99 Å². The normalized spacial score (nSPS) is 14.4. The summed E-state index contributed by atoms with van der Waals surface area (Å²) in [5.74, 6) is 1.49. The Bertz CT molecular complexity index is 1090. The molecule has 0 radical (unpaired) electrons. The molecule has 1 N–H and O–H groups in total. The molecule has 5 heteroatoms. The lowest BCUT2D eigenvalue weighted by Gasteiger charge is -2.13. The number of anilines is 1. The Morgan fingerprint density at radius 3 is 2.63 bits per heavy atom. The number of rotatable bonds is 4. The van der Waals surface area contributed by atoms with Crippen LogP contribution in [0.1, 0.15) is 69.1 Å². The number of hydrogen-bond donors (Lipinski definition) is 1. The topological polar surface area (TPSA) is 54.6 Å². The molecule has 1 aromatic carbocycles. The van der Waals surface area contributed by atoms with Crippen LogP contribution >= 0.6 is 11.3 Å². The second-order valence-corrected chi connectivity index (χ2v) is 9.16. The maximum atomic E-state index is 13.4. The fourth-order valence-electron chi connectivity index (χ4n) is 3.93. The quantitative estimate of drug-likeness (QED) is 0.465. The van der Waals surface area contributed by atoms with Crippen LogP contribution < -0.4 is 5.32 Å². The zero-order valence-electron chi connectivity index (χ0n) is 17.9. The summed E-state index contributed by atoms with van der Waals surface area (Å²) in [7, 11) is 0. The zero-order chi connectivity index (χ0) is 21.1. The van der Waals surface area contributed by atoms with Crippen molar-refractivity contribution in [2.24, 2.45) is 4.99 Å². The first-order valence-corrected chi connectivity index (χ1v) is 11.5. The molecule has 0 atom stereocenters. The van der Waals surface area contributed by atoms with E-state index in [9.17, 15) is 4.79 Å². The molecule has 156 valence electrons. The highest BCUT2D eigenvalue weighted by Crippen LogP contribution is 2.39. The van der Waals surface area contributed by atoms with Crippen LogP contribution in [0.4, 0.5) is 10.7 Å². The van der Waals surface area contributed by atoms with Gasteiger partial charge in [0.15, 0.2) is 0 Å². The molecule has 0 spiro atoms. The Balaban J connectivity index is 1.72. The van der Waals surface area contributed by atoms with Crippen molar-refractivity contribution in [3.8, 4) is 0 Å². The minimum absolute atomic E-state index is 0.0652. The lowest BCUT2D eigenvalue weighted by molar-refractivity contribution is 0.102. The average Bonchev–Trinajstić information content (AvgIpc) is 3.26. The molecule has 4 nitrogen and oxygen atoms in total. The van der Waals surface area contributed by atoms with Crippen LogP contribution in [0.25, 0.3) is 0 Å². The molecular formula is C25H28N2O2S. The van der Waals surface area contributed by atoms with E-state index in [4.69, 9.17) is 9.41 Å². The summed E-state index contributed by atoms with van der Waals surface area (Å²) in [6.07, 6.45) is 8.46. The van der Waals surface area contributed by atoms with Crippen LogP contribution in [-0.2, 0) is 12.8 Å². The number of nitrogens with zero attached hydrogens (tertiary/aromatic N) is 1. The molecule has 0 fully saturated rings. The number of fused-ring (bicyclic) bond motifs is 1. The van der Waals surface area contributed by atoms with E-state index in [2.05, 4.69) is 11.4 Å². The highest BCUT2D eigenvalue weighted by Gasteiger charge is 2.24. The molecule has 3 aromatic rings. The fourth-order valence-corrected chi connectivity index (χ4v) is 5.16. The molecule has 0 aliphatic heterocycles. The van der Waals surface area contributed by atoms with E-state index in [-0.39, 0.29) is 5.91 Å². The number of nitrogens with one attached hydrogen (secondary N) is 1. The summed E-state index contributed by atoms with van der Waals surface area (Å²) < 4.78 is 5.63. The summed E-state index contributed by atoms with van der Waals surface area (Å²) >= 11 is 1.66. The Morgan fingerprint density at radius 2 is 1.87 bits per heavy atom. The molecule has 30 heavy (non-hydrogen) atoms. The monoisotopic (exact) mass is 420 g/mol. The van der Waals surface area contributed by atoms with Crippen molar-refractivity contribution < 1.29 is 9.21 Å². The Hall–Kier alpha value is -2.66. The van der Waals surface area contributed by atoms with Gasteiger partial charge in [0, 0.05) is 10.6 Å². The van der Waals surface area contributed by atoms with Crippen molar-refractivity contribution in [2.75, 3.05) is 5.32 Å². The van der Waals surface area contributed by atoms with Crippen LogP contribution in [0.5, 0.6) is 0 Å². The van der Waals surface area contributed by atoms with E-state index in [1.165, 1.54) is 29.7 Å². The third-order valence-electron chi connectivity index (χ3n) is 5.59. The molecular weight excluding hydrogens is 392 g/mol. The third kappa shape index (κ3) is 4.57. The molecule has 1 aliphatic carbocycles. The van der Waals surface area contributed by atoms with Gasteiger partial charge in [-0.05, 0) is 81.3 Å². The second-order valence-electron chi connectivity index (χ2n) is 8.08. The summed E-state index contributed by atoms with van der Waals surface area (Å²) in [5, 5.41) is 3.93. The highest BCUT2D eigenvalue weighted by molar-refractivity contribution is 7.16.